The molecule has 2 unspecified atom stereocenters. The fourth-order valence-corrected chi connectivity index (χ4v) is 2.07. The maximum atomic E-state index is 11.6. The molecule has 7 heteroatoms. The molecule has 1 heterocycles. The van der Waals surface area contributed by atoms with Crippen molar-refractivity contribution in [2.45, 2.75) is 44.8 Å². The summed E-state index contributed by atoms with van der Waals surface area (Å²) in [6, 6.07) is 1.52. The van der Waals surface area contributed by atoms with Gasteiger partial charge in [0.05, 0.1) is 0 Å². The van der Waals surface area contributed by atoms with Crippen molar-refractivity contribution < 1.29 is 19.4 Å². The summed E-state index contributed by atoms with van der Waals surface area (Å²) < 4.78 is 6.73. The van der Waals surface area contributed by atoms with Crippen molar-refractivity contribution >= 4 is 12.1 Å². The zero-order chi connectivity index (χ0) is 15.1. The number of aromatic nitrogens is 2. The molecule has 1 amide bonds. The molecular formula is C13H19N3O4. The highest BCUT2D eigenvalue weighted by atomic mass is 16.6. The molecular weight excluding hydrogens is 262 g/mol. The number of hydrogen-bond acceptors (Lipinski definition) is 4. The van der Waals surface area contributed by atoms with E-state index in [2.05, 4.69) is 10.4 Å². The summed E-state index contributed by atoms with van der Waals surface area (Å²) in [5.74, 6) is -0.961. The van der Waals surface area contributed by atoms with E-state index in [0.717, 1.165) is 12.1 Å². The van der Waals surface area contributed by atoms with Crippen molar-refractivity contribution in [3.05, 3.63) is 17.5 Å². The van der Waals surface area contributed by atoms with Gasteiger partial charge in [0.15, 0.2) is 5.69 Å². The lowest BCUT2D eigenvalue weighted by atomic mass is 10.2. The number of carboxylic acids is 1. The molecule has 1 aliphatic rings. The van der Waals surface area contributed by atoms with Gasteiger partial charge < -0.3 is 15.2 Å². The monoisotopic (exact) mass is 281 g/mol. The van der Waals surface area contributed by atoms with Crippen molar-refractivity contribution in [2.75, 3.05) is 0 Å². The molecule has 1 aromatic rings. The lowest BCUT2D eigenvalue weighted by molar-refractivity contribution is 0.0522. The second-order valence-corrected chi connectivity index (χ2v) is 5.98. The van der Waals surface area contributed by atoms with Crippen LogP contribution in [0, 0.1) is 0 Å². The standard InChI is InChI=1S/C13H19N3O4/c1-13(2,3)20-12(19)14-8-5-7(8)10-6-9(11(17)18)15-16(10)4/h6-8H,5H2,1-4H3,(H,14,19)(H,17,18). The molecule has 1 aliphatic carbocycles. The van der Waals surface area contributed by atoms with Crippen LogP contribution in [0.4, 0.5) is 4.79 Å². The topological polar surface area (TPSA) is 93.5 Å². The number of ether oxygens (including phenoxy) is 1. The number of carbonyl (C=O) groups excluding carboxylic acids is 1. The number of alkyl carbamates (subject to hydrolysis) is 1. The van der Waals surface area contributed by atoms with Gasteiger partial charge in [0.1, 0.15) is 5.60 Å². The quantitative estimate of drug-likeness (QED) is 0.875. The minimum atomic E-state index is -1.05. The minimum Gasteiger partial charge on any atom is -0.476 e. The Balaban J connectivity index is 1.95. The lowest BCUT2D eigenvalue weighted by Crippen LogP contribution is -2.34. The number of aryl methyl sites for hydroxylation is 1. The average Bonchev–Trinajstić information content (AvgIpc) is 2.88. The van der Waals surface area contributed by atoms with Gasteiger partial charge in [-0.1, -0.05) is 0 Å². The number of nitrogens with one attached hydrogen (secondary N) is 1. The first kappa shape index (κ1) is 14.4. The lowest BCUT2D eigenvalue weighted by Gasteiger charge is -2.19. The van der Waals surface area contributed by atoms with Gasteiger partial charge in [-0.3, -0.25) is 4.68 Å². The molecule has 1 fully saturated rings. The summed E-state index contributed by atoms with van der Waals surface area (Å²) in [6.45, 7) is 5.41. The van der Waals surface area contributed by atoms with Gasteiger partial charge >= 0.3 is 12.1 Å². The number of carbonyl (C=O) groups is 2. The van der Waals surface area contributed by atoms with Gasteiger partial charge in [-0.15, -0.1) is 0 Å². The molecule has 2 rings (SSSR count). The van der Waals surface area contributed by atoms with Gasteiger partial charge in [0.2, 0.25) is 0 Å². The SMILES string of the molecule is Cn1nc(C(=O)O)cc1C1CC1NC(=O)OC(C)(C)C. The fourth-order valence-electron chi connectivity index (χ4n) is 2.07. The van der Waals surface area contributed by atoms with Crippen LogP contribution in [0.1, 0.15) is 49.3 Å². The zero-order valence-corrected chi connectivity index (χ0v) is 12.0. The van der Waals surface area contributed by atoms with Crippen LogP contribution in [0.25, 0.3) is 0 Å². The van der Waals surface area contributed by atoms with Crippen LogP contribution in [0.3, 0.4) is 0 Å². The molecule has 2 atom stereocenters. The van der Waals surface area contributed by atoms with E-state index in [9.17, 15) is 9.59 Å². The predicted molar refractivity (Wildman–Crippen MR) is 70.7 cm³/mol. The van der Waals surface area contributed by atoms with Crippen LogP contribution in [0.15, 0.2) is 6.07 Å². The van der Waals surface area contributed by atoms with Crippen molar-refractivity contribution in [1.29, 1.82) is 0 Å². The number of rotatable bonds is 3. The predicted octanol–water partition coefficient (Wildman–Crippen LogP) is 1.50. The van der Waals surface area contributed by atoms with Crippen LogP contribution < -0.4 is 5.32 Å². The molecule has 1 saturated carbocycles. The normalized spacial score (nSPS) is 21.4. The Morgan fingerprint density at radius 1 is 1.50 bits per heavy atom. The molecule has 0 aliphatic heterocycles. The van der Waals surface area contributed by atoms with E-state index in [1.165, 1.54) is 0 Å². The number of carboxylic acid groups (broad SMARTS) is 1. The third-order valence-corrected chi connectivity index (χ3v) is 3.01. The zero-order valence-electron chi connectivity index (χ0n) is 12.0. The molecule has 1 aromatic heterocycles. The van der Waals surface area contributed by atoms with Crippen LogP contribution in [-0.2, 0) is 11.8 Å². The van der Waals surface area contributed by atoms with Gasteiger partial charge in [0, 0.05) is 24.7 Å². The highest BCUT2D eigenvalue weighted by Gasteiger charge is 2.42. The third-order valence-electron chi connectivity index (χ3n) is 3.01. The Hall–Kier alpha value is -2.05. The summed E-state index contributed by atoms with van der Waals surface area (Å²) in [5.41, 5.74) is 0.297. The Kier molecular flexibility index (Phi) is 3.45. The van der Waals surface area contributed by atoms with Crippen molar-refractivity contribution in [1.82, 2.24) is 15.1 Å². The molecule has 0 spiro atoms. The summed E-state index contributed by atoms with van der Waals surface area (Å²) in [5, 5.41) is 15.6. The van der Waals surface area contributed by atoms with Crippen LogP contribution in [-0.4, -0.2) is 38.6 Å². The van der Waals surface area contributed by atoms with Crippen molar-refractivity contribution in [3.63, 3.8) is 0 Å². The maximum absolute atomic E-state index is 11.6. The fraction of sp³-hybridized carbons (Fsp3) is 0.615. The Bertz CT molecular complexity index is 544. The Morgan fingerprint density at radius 3 is 2.65 bits per heavy atom. The number of amides is 1. The molecule has 0 saturated heterocycles. The smallest absolute Gasteiger partial charge is 0.407 e. The summed E-state index contributed by atoms with van der Waals surface area (Å²) in [7, 11) is 1.70. The molecule has 0 radical (unpaired) electrons. The van der Waals surface area contributed by atoms with Gasteiger partial charge in [-0.2, -0.15) is 5.10 Å². The van der Waals surface area contributed by atoms with Crippen molar-refractivity contribution in [2.24, 2.45) is 7.05 Å². The molecule has 2 N–H and O–H groups in total. The van der Waals surface area contributed by atoms with E-state index in [4.69, 9.17) is 9.84 Å². The third kappa shape index (κ3) is 3.28. The Labute approximate surface area is 116 Å². The summed E-state index contributed by atoms with van der Waals surface area (Å²) in [6.07, 6.45) is 0.309. The highest BCUT2D eigenvalue weighted by Crippen LogP contribution is 2.40. The van der Waals surface area contributed by atoms with Gasteiger partial charge in [0.25, 0.3) is 0 Å². The molecule has 0 bridgehead atoms. The van der Waals surface area contributed by atoms with E-state index in [0.29, 0.717) is 0 Å². The first-order valence-electron chi connectivity index (χ1n) is 6.44. The highest BCUT2D eigenvalue weighted by molar-refractivity contribution is 5.85. The average molecular weight is 281 g/mol. The molecule has 0 aromatic carbocycles. The van der Waals surface area contributed by atoms with Crippen LogP contribution in [0.2, 0.25) is 0 Å². The first-order chi connectivity index (χ1) is 9.17. The Morgan fingerprint density at radius 2 is 2.15 bits per heavy atom. The van der Waals surface area contributed by atoms with E-state index in [1.807, 2.05) is 0 Å². The van der Waals surface area contributed by atoms with E-state index in [1.54, 1.807) is 38.6 Å². The van der Waals surface area contributed by atoms with Crippen LogP contribution >= 0.6 is 0 Å². The van der Waals surface area contributed by atoms with E-state index < -0.39 is 17.7 Å². The molecule has 110 valence electrons. The van der Waals surface area contributed by atoms with Crippen LogP contribution in [0.5, 0.6) is 0 Å². The first-order valence-corrected chi connectivity index (χ1v) is 6.44. The maximum Gasteiger partial charge on any atom is 0.407 e. The number of nitrogens with zero attached hydrogens (tertiary/aromatic N) is 2. The number of aromatic carboxylic acids is 1. The van der Waals surface area contributed by atoms with Gasteiger partial charge in [-0.25, -0.2) is 9.59 Å². The summed E-state index contributed by atoms with van der Waals surface area (Å²) in [4.78, 5) is 22.5. The van der Waals surface area contributed by atoms with E-state index in [-0.39, 0.29) is 17.7 Å². The number of hydrogen-bond donors (Lipinski definition) is 2. The second-order valence-electron chi connectivity index (χ2n) is 5.98. The van der Waals surface area contributed by atoms with E-state index >= 15 is 0 Å². The molecule has 7 nitrogen and oxygen atoms in total. The largest absolute Gasteiger partial charge is 0.476 e. The molecule has 20 heavy (non-hydrogen) atoms. The minimum absolute atomic E-state index is 0.0189. The summed E-state index contributed by atoms with van der Waals surface area (Å²) >= 11 is 0. The van der Waals surface area contributed by atoms with Crippen molar-refractivity contribution in [3.8, 4) is 0 Å². The second kappa shape index (κ2) is 4.81. The van der Waals surface area contributed by atoms with Gasteiger partial charge in [-0.05, 0) is 33.3 Å².